The lowest BCUT2D eigenvalue weighted by Crippen LogP contribution is -2.37. The van der Waals surface area contributed by atoms with Crippen LogP contribution in [-0.2, 0) is 37.4 Å². The molecule has 1 aliphatic rings. The van der Waals surface area contributed by atoms with Crippen LogP contribution in [0.3, 0.4) is 0 Å². The first-order chi connectivity index (χ1) is 27.5. The molecule has 0 aromatic heterocycles. The number of hydrogen-bond acceptors (Lipinski definition) is 8. The molecular weight excluding hydrogens is 741 g/mol. The van der Waals surface area contributed by atoms with Crippen LogP contribution in [0.15, 0.2) is 72.9 Å². The van der Waals surface area contributed by atoms with Gasteiger partial charge in [-0.05, 0) is 83.5 Å². The number of epoxide rings is 1. The number of likely N-dealkylation sites (N-methyl/N-ethyl adjacent to an activating group) is 1. The van der Waals surface area contributed by atoms with Gasteiger partial charge < -0.3 is 23.6 Å². The minimum atomic E-state index is -4.40. The summed E-state index contributed by atoms with van der Waals surface area (Å²) in [5.41, 5.74) is 0. The van der Waals surface area contributed by atoms with Crippen LogP contribution in [0.5, 0.6) is 0 Å². The Labute approximate surface area is 346 Å². The van der Waals surface area contributed by atoms with Crippen molar-refractivity contribution in [3.63, 3.8) is 0 Å². The van der Waals surface area contributed by atoms with Gasteiger partial charge in [-0.2, -0.15) is 0 Å². The van der Waals surface area contributed by atoms with Crippen LogP contribution in [0.25, 0.3) is 0 Å². The SMILES string of the molecule is CCCCC/C=C\C/C=C\CCCCCCCC(=O)OCC(COP(=O)(O)OCC[N+](C)(C)C)OC(=O)CCC/C=C\C/C=C\C/C=C\C/C=C\CC1OC1CC. The van der Waals surface area contributed by atoms with Gasteiger partial charge in [-0.15, -0.1) is 0 Å². The number of phosphoric ester groups is 1. The topological polar surface area (TPSA) is 121 Å². The van der Waals surface area contributed by atoms with Crippen LogP contribution < -0.4 is 0 Å². The Morgan fingerprint density at radius 2 is 1.18 bits per heavy atom. The summed E-state index contributed by atoms with van der Waals surface area (Å²) in [7, 11) is 1.41. The number of carbonyl (C=O) groups excluding carboxylic acids is 2. The third-order valence-corrected chi connectivity index (χ3v) is 10.2. The zero-order chi connectivity index (χ0) is 41.9. The quantitative estimate of drug-likeness (QED) is 0.0163. The predicted molar refractivity (Wildman–Crippen MR) is 233 cm³/mol. The number of unbranched alkanes of at least 4 members (excludes halogenated alkanes) is 9. The molecule has 1 fully saturated rings. The zero-order valence-electron chi connectivity index (χ0n) is 36.2. The van der Waals surface area contributed by atoms with Crippen molar-refractivity contribution in [3.05, 3.63) is 72.9 Å². The fourth-order valence-electron chi connectivity index (χ4n) is 5.62. The molecule has 0 aromatic rings. The number of carbonyl (C=O) groups is 2. The van der Waals surface area contributed by atoms with Crippen molar-refractivity contribution in [1.82, 2.24) is 0 Å². The Hall–Kier alpha value is -2.59. The lowest BCUT2D eigenvalue weighted by Gasteiger charge is -2.24. The average molecular weight is 821 g/mol. The maximum Gasteiger partial charge on any atom is 0.472 e. The summed E-state index contributed by atoms with van der Waals surface area (Å²) in [5.74, 6) is -0.895. The number of rotatable bonds is 37. The van der Waals surface area contributed by atoms with Crippen molar-refractivity contribution >= 4 is 19.8 Å². The Bertz CT molecular complexity index is 1270. The van der Waals surface area contributed by atoms with Gasteiger partial charge in [0.05, 0.1) is 40.0 Å². The predicted octanol–water partition coefficient (Wildman–Crippen LogP) is 11.2. The Kier molecular flexibility index (Phi) is 31.5. The Morgan fingerprint density at radius 1 is 0.649 bits per heavy atom. The molecule has 1 saturated heterocycles. The lowest BCUT2D eigenvalue weighted by atomic mass is 10.1. The van der Waals surface area contributed by atoms with E-state index in [-0.39, 0.29) is 26.1 Å². The molecule has 1 N–H and O–H groups in total. The fraction of sp³-hybridized carbons (Fsp3) is 0.696. The minimum Gasteiger partial charge on any atom is -0.462 e. The number of hydrogen-bond donors (Lipinski definition) is 1. The maximum atomic E-state index is 12.7. The van der Waals surface area contributed by atoms with Crippen LogP contribution in [-0.4, -0.2) is 87.1 Å². The second-order valence-corrected chi connectivity index (χ2v) is 17.2. The molecule has 0 radical (unpaired) electrons. The summed E-state index contributed by atoms with van der Waals surface area (Å²) in [5, 5.41) is 0. The summed E-state index contributed by atoms with van der Waals surface area (Å²) in [6.45, 7) is 4.19. The van der Waals surface area contributed by atoms with E-state index in [1.54, 1.807) is 0 Å². The monoisotopic (exact) mass is 821 g/mol. The van der Waals surface area contributed by atoms with Crippen LogP contribution >= 0.6 is 7.82 Å². The third kappa shape index (κ3) is 35.1. The van der Waals surface area contributed by atoms with E-state index >= 15 is 0 Å². The van der Waals surface area contributed by atoms with Crippen LogP contribution in [0.1, 0.15) is 142 Å². The summed E-state index contributed by atoms with van der Waals surface area (Å²) in [6, 6.07) is 0. The molecule has 1 rings (SSSR count). The van der Waals surface area contributed by atoms with Crippen LogP contribution in [0.2, 0.25) is 0 Å². The molecule has 4 atom stereocenters. The first-order valence-corrected chi connectivity index (χ1v) is 23.3. The van der Waals surface area contributed by atoms with Crippen molar-refractivity contribution in [2.75, 3.05) is 47.5 Å². The molecule has 57 heavy (non-hydrogen) atoms. The maximum absolute atomic E-state index is 12.7. The first-order valence-electron chi connectivity index (χ1n) is 21.8. The highest BCUT2D eigenvalue weighted by Gasteiger charge is 2.35. The molecule has 1 heterocycles. The molecule has 0 saturated carbocycles. The van der Waals surface area contributed by atoms with Gasteiger partial charge in [-0.3, -0.25) is 18.6 Å². The molecule has 326 valence electrons. The number of esters is 2. The molecular formula is C46H79NO9P+. The van der Waals surface area contributed by atoms with Crippen LogP contribution in [0.4, 0.5) is 0 Å². The number of allylic oxidation sites excluding steroid dienone is 11. The smallest absolute Gasteiger partial charge is 0.462 e. The van der Waals surface area contributed by atoms with Gasteiger partial charge in [0, 0.05) is 12.8 Å². The van der Waals surface area contributed by atoms with E-state index in [4.69, 9.17) is 23.3 Å². The molecule has 0 aromatic carbocycles. The summed E-state index contributed by atoms with van der Waals surface area (Å²) >= 11 is 0. The van der Waals surface area contributed by atoms with E-state index in [1.807, 2.05) is 27.2 Å². The normalized spacial score (nSPS) is 17.9. The number of quaternary nitrogens is 1. The molecule has 4 unspecified atom stereocenters. The van der Waals surface area contributed by atoms with Gasteiger partial charge in [0.1, 0.15) is 19.8 Å². The van der Waals surface area contributed by atoms with Gasteiger partial charge in [0.25, 0.3) is 0 Å². The highest BCUT2D eigenvalue weighted by molar-refractivity contribution is 7.47. The van der Waals surface area contributed by atoms with Crippen molar-refractivity contribution in [2.45, 2.75) is 161 Å². The van der Waals surface area contributed by atoms with Gasteiger partial charge in [0.15, 0.2) is 6.10 Å². The summed E-state index contributed by atoms with van der Waals surface area (Å²) < 4.78 is 39.7. The van der Waals surface area contributed by atoms with Crippen molar-refractivity contribution in [2.24, 2.45) is 0 Å². The zero-order valence-corrected chi connectivity index (χ0v) is 37.1. The van der Waals surface area contributed by atoms with Crippen molar-refractivity contribution < 1.29 is 46.8 Å². The first kappa shape index (κ1) is 52.4. The Morgan fingerprint density at radius 3 is 1.75 bits per heavy atom. The van der Waals surface area contributed by atoms with Crippen LogP contribution in [0, 0.1) is 0 Å². The average Bonchev–Trinajstić information content (AvgIpc) is 3.93. The molecule has 0 spiro atoms. The highest BCUT2D eigenvalue weighted by Crippen LogP contribution is 2.43. The number of ether oxygens (including phenoxy) is 3. The van der Waals surface area contributed by atoms with Crippen molar-refractivity contribution in [3.8, 4) is 0 Å². The van der Waals surface area contributed by atoms with Gasteiger partial charge in [-0.25, -0.2) is 4.57 Å². The molecule has 1 aliphatic heterocycles. The van der Waals surface area contributed by atoms with Gasteiger partial charge >= 0.3 is 19.8 Å². The standard InChI is InChI=1S/C46H78NO9P/c1-6-8-9-10-11-12-13-14-15-18-21-24-27-30-33-36-45(48)52-40-42(41-54-57(50,51)53-39-38-47(3,4)5)55-46(49)37-34-31-28-25-22-19-16-17-20-23-26-29-32-35-44-43(7-2)56-44/h11-12,14-16,19-20,23,25,28-29,32,42-44H,6-10,13,17-18,21-22,24,26-27,30-31,33-41H2,1-5H3/p+1/b12-11-,15-14-,19-16-,23-20-,28-25-,32-29-. The molecule has 0 amide bonds. The third-order valence-electron chi connectivity index (χ3n) is 9.19. The Balaban J connectivity index is 2.33. The van der Waals surface area contributed by atoms with Crippen molar-refractivity contribution in [1.29, 1.82) is 0 Å². The van der Waals surface area contributed by atoms with E-state index in [9.17, 15) is 19.0 Å². The molecule has 0 aliphatic carbocycles. The second-order valence-electron chi connectivity index (χ2n) is 15.7. The van der Waals surface area contributed by atoms with E-state index in [2.05, 4.69) is 80.7 Å². The van der Waals surface area contributed by atoms with E-state index < -0.39 is 32.5 Å². The molecule has 11 heteroatoms. The van der Waals surface area contributed by atoms with E-state index in [0.29, 0.717) is 42.5 Å². The number of phosphoric acid groups is 1. The molecule has 10 nitrogen and oxygen atoms in total. The van der Waals surface area contributed by atoms with E-state index in [1.165, 1.54) is 25.7 Å². The summed E-state index contributed by atoms with van der Waals surface area (Å²) in [4.78, 5) is 35.3. The van der Waals surface area contributed by atoms with Gasteiger partial charge in [-0.1, -0.05) is 119 Å². The second kappa shape index (κ2) is 34.3. The van der Waals surface area contributed by atoms with E-state index in [0.717, 1.165) is 70.6 Å². The van der Waals surface area contributed by atoms with Gasteiger partial charge in [0.2, 0.25) is 0 Å². The molecule has 0 bridgehead atoms. The highest BCUT2D eigenvalue weighted by atomic mass is 31.2. The minimum absolute atomic E-state index is 0.0130. The number of nitrogens with zero attached hydrogens (tertiary/aromatic N) is 1. The lowest BCUT2D eigenvalue weighted by molar-refractivity contribution is -0.870. The fourth-order valence-corrected chi connectivity index (χ4v) is 6.36. The summed E-state index contributed by atoms with van der Waals surface area (Å²) in [6.07, 6.45) is 44.4. The largest absolute Gasteiger partial charge is 0.472 e.